The summed E-state index contributed by atoms with van der Waals surface area (Å²) in [6.45, 7) is 3.43. The van der Waals surface area contributed by atoms with E-state index in [1.165, 1.54) is 6.92 Å². The third-order valence-electron chi connectivity index (χ3n) is 4.03. The zero-order valence-electron chi connectivity index (χ0n) is 15.2. The quantitative estimate of drug-likeness (QED) is 0.705. The Morgan fingerprint density at radius 2 is 1.89 bits per heavy atom. The highest BCUT2D eigenvalue weighted by molar-refractivity contribution is 5.93. The van der Waals surface area contributed by atoms with Crippen molar-refractivity contribution in [2.75, 3.05) is 5.32 Å². The van der Waals surface area contributed by atoms with Crippen molar-refractivity contribution in [2.24, 2.45) is 0 Å². The Labute approximate surface area is 157 Å². The van der Waals surface area contributed by atoms with Gasteiger partial charge in [-0.1, -0.05) is 29.8 Å². The molecule has 0 saturated heterocycles. The standard InChI is InChI=1S/C20H21N5O2/c1-14-6-8-16(9-7-14)18(23-15(2)26)13-19(27)24-17-5-3-10-21-20(17)25-12-4-11-22-25/h3-12,18H,13H2,1-2H3,(H,23,26)(H,24,27). The lowest BCUT2D eigenvalue weighted by molar-refractivity contribution is -0.120. The van der Waals surface area contributed by atoms with E-state index in [9.17, 15) is 9.59 Å². The van der Waals surface area contributed by atoms with Gasteiger partial charge < -0.3 is 10.6 Å². The van der Waals surface area contributed by atoms with E-state index in [0.29, 0.717) is 11.5 Å². The van der Waals surface area contributed by atoms with E-state index in [-0.39, 0.29) is 18.2 Å². The maximum absolute atomic E-state index is 12.6. The molecule has 0 aliphatic carbocycles. The van der Waals surface area contributed by atoms with Crippen molar-refractivity contribution < 1.29 is 9.59 Å². The molecule has 3 rings (SSSR count). The number of carbonyl (C=O) groups is 2. The Kier molecular flexibility index (Phi) is 5.61. The molecule has 1 atom stereocenters. The molecule has 0 spiro atoms. The molecule has 138 valence electrons. The van der Waals surface area contributed by atoms with Gasteiger partial charge in [-0.2, -0.15) is 5.10 Å². The highest BCUT2D eigenvalue weighted by atomic mass is 16.2. The fraction of sp³-hybridized carbons (Fsp3) is 0.200. The van der Waals surface area contributed by atoms with Crippen LogP contribution in [0.1, 0.15) is 30.5 Å². The van der Waals surface area contributed by atoms with Crippen molar-refractivity contribution in [3.05, 3.63) is 72.2 Å². The van der Waals surface area contributed by atoms with E-state index < -0.39 is 6.04 Å². The van der Waals surface area contributed by atoms with Gasteiger partial charge in [0.15, 0.2) is 5.82 Å². The fourth-order valence-corrected chi connectivity index (χ4v) is 2.75. The molecular weight excluding hydrogens is 342 g/mol. The van der Waals surface area contributed by atoms with Gasteiger partial charge in [0.1, 0.15) is 0 Å². The van der Waals surface area contributed by atoms with Gasteiger partial charge in [0.25, 0.3) is 0 Å². The summed E-state index contributed by atoms with van der Waals surface area (Å²) in [6, 6.07) is 12.6. The number of amides is 2. The van der Waals surface area contributed by atoms with Crippen molar-refractivity contribution in [1.29, 1.82) is 0 Å². The smallest absolute Gasteiger partial charge is 0.226 e. The number of pyridine rings is 1. The second-order valence-electron chi connectivity index (χ2n) is 6.24. The Morgan fingerprint density at radius 3 is 2.56 bits per heavy atom. The number of carbonyl (C=O) groups excluding carboxylic acids is 2. The Bertz CT molecular complexity index is 920. The minimum Gasteiger partial charge on any atom is -0.349 e. The molecule has 27 heavy (non-hydrogen) atoms. The van der Waals surface area contributed by atoms with E-state index in [1.807, 2.05) is 31.2 Å². The number of nitrogens with zero attached hydrogens (tertiary/aromatic N) is 3. The zero-order chi connectivity index (χ0) is 19.2. The van der Waals surface area contributed by atoms with Gasteiger partial charge in [0, 0.05) is 25.5 Å². The van der Waals surface area contributed by atoms with Crippen LogP contribution >= 0.6 is 0 Å². The maximum Gasteiger partial charge on any atom is 0.226 e. The summed E-state index contributed by atoms with van der Waals surface area (Å²) in [5.41, 5.74) is 2.55. The third-order valence-corrected chi connectivity index (χ3v) is 4.03. The molecule has 3 aromatic rings. The molecule has 0 radical (unpaired) electrons. The number of hydrogen-bond acceptors (Lipinski definition) is 4. The molecule has 0 bridgehead atoms. The fourth-order valence-electron chi connectivity index (χ4n) is 2.75. The van der Waals surface area contributed by atoms with Gasteiger partial charge in [0.05, 0.1) is 18.2 Å². The summed E-state index contributed by atoms with van der Waals surface area (Å²) in [6.07, 6.45) is 5.14. The largest absolute Gasteiger partial charge is 0.349 e. The summed E-state index contributed by atoms with van der Waals surface area (Å²) in [5.74, 6) is 0.116. The van der Waals surface area contributed by atoms with Gasteiger partial charge >= 0.3 is 0 Å². The molecule has 2 aromatic heterocycles. The van der Waals surface area contributed by atoms with Crippen LogP contribution in [0.2, 0.25) is 0 Å². The van der Waals surface area contributed by atoms with Crippen molar-refractivity contribution in [2.45, 2.75) is 26.3 Å². The molecule has 0 saturated carbocycles. The molecule has 0 aliphatic rings. The highest BCUT2D eigenvalue weighted by Crippen LogP contribution is 2.21. The summed E-state index contributed by atoms with van der Waals surface area (Å²) in [5, 5.41) is 9.87. The van der Waals surface area contributed by atoms with Crippen LogP contribution in [0, 0.1) is 6.92 Å². The van der Waals surface area contributed by atoms with E-state index in [2.05, 4.69) is 20.7 Å². The lowest BCUT2D eigenvalue weighted by Gasteiger charge is -2.19. The van der Waals surface area contributed by atoms with Crippen LogP contribution in [0.5, 0.6) is 0 Å². The number of aryl methyl sites for hydroxylation is 1. The van der Waals surface area contributed by atoms with Crippen molar-refractivity contribution in [3.63, 3.8) is 0 Å². The van der Waals surface area contributed by atoms with Crippen LogP contribution in [-0.4, -0.2) is 26.6 Å². The normalized spacial score (nSPS) is 11.6. The monoisotopic (exact) mass is 363 g/mol. The zero-order valence-corrected chi connectivity index (χ0v) is 15.2. The number of aromatic nitrogens is 3. The van der Waals surface area contributed by atoms with E-state index in [0.717, 1.165) is 11.1 Å². The molecule has 2 amide bonds. The second-order valence-corrected chi connectivity index (χ2v) is 6.24. The molecule has 7 nitrogen and oxygen atoms in total. The first-order chi connectivity index (χ1) is 13.0. The van der Waals surface area contributed by atoms with Crippen LogP contribution < -0.4 is 10.6 Å². The van der Waals surface area contributed by atoms with Crippen LogP contribution in [0.25, 0.3) is 5.82 Å². The molecule has 1 aromatic carbocycles. The summed E-state index contributed by atoms with van der Waals surface area (Å²) < 4.78 is 1.58. The van der Waals surface area contributed by atoms with Gasteiger partial charge in [-0.25, -0.2) is 9.67 Å². The lowest BCUT2D eigenvalue weighted by Crippen LogP contribution is -2.30. The SMILES string of the molecule is CC(=O)NC(CC(=O)Nc1cccnc1-n1cccn1)c1ccc(C)cc1. The first-order valence-corrected chi connectivity index (χ1v) is 8.61. The molecule has 7 heteroatoms. The minimum absolute atomic E-state index is 0.107. The summed E-state index contributed by atoms with van der Waals surface area (Å²) >= 11 is 0. The predicted octanol–water partition coefficient (Wildman–Crippen LogP) is 2.78. The third kappa shape index (κ3) is 4.78. The average Bonchev–Trinajstić information content (AvgIpc) is 3.16. The molecule has 2 heterocycles. The van der Waals surface area contributed by atoms with Crippen molar-refractivity contribution in [3.8, 4) is 5.82 Å². The number of anilines is 1. The minimum atomic E-state index is -0.409. The summed E-state index contributed by atoms with van der Waals surface area (Å²) in [4.78, 5) is 28.5. The van der Waals surface area contributed by atoms with Crippen molar-refractivity contribution in [1.82, 2.24) is 20.1 Å². The average molecular weight is 363 g/mol. The highest BCUT2D eigenvalue weighted by Gasteiger charge is 2.18. The molecule has 1 unspecified atom stereocenters. The second kappa shape index (κ2) is 8.27. The van der Waals surface area contributed by atoms with Crippen LogP contribution in [0.15, 0.2) is 61.1 Å². The first kappa shape index (κ1) is 18.3. The maximum atomic E-state index is 12.6. The molecule has 0 fully saturated rings. The predicted molar refractivity (Wildman–Crippen MR) is 102 cm³/mol. The van der Waals surface area contributed by atoms with E-state index >= 15 is 0 Å². The molecule has 0 aliphatic heterocycles. The van der Waals surface area contributed by atoms with Gasteiger partial charge in [-0.15, -0.1) is 0 Å². The van der Waals surface area contributed by atoms with Gasteiger partial charge in [-0.3, -0.25) is 9.59 Å². The number of hydrogen-bond donors (Lipinski definition) is 2. The van der Waals surface area contributed by atoms with E-state index in [4.69, 9.17) is 0 Å². The van der Waals surface area contributed by atoms with Gasteiger partial charge in [0.2, 0.25) is 11.8 Å². The van der Waals surface area contributed by atoms with E-state index in [1.54, 1.807) is 41.5 Å². The number of rotatable bonds is 6. The number of benzene rings is 1. The Hall–Kier alpha value is -3.48. The first-order valence-electron chi connectivity index (χ1n) is 8.61. The molecular formula is C20H21N5O2. The topological polar surface area (TPSA) is 88.9 Å². The van der Waals surface area contributed by atoms with Gasteiger partial charge in [-0.05, 0) is 30.7 Å². The van der Waals surface area contributed by atoms with Crippen LogP contribution in [0.3, 0.4) is 0 Å². The Balaban J connectivity index is 1.77. The Morgan fingerprint density at radius 1 is 1.11 bits per heavy atom. The van der Waals surface area contributed by atoms with Crippen LogP contribution in [-0.2, 0) is 9.59 Å². The van der Waals surface area contributed by atoms with Crippen molar-refractivity contribution >= 4 is 17.5 Å². The lowest BCUT2D eigenvalue weighted by atomic mass is 10.0. The molecule has 2 N–H and O–H groups in total. The number of nitrogens with one attached hydrogen (secondary N) is 2. The summed E-state index contributed by atoms with van der Waals surface area (Å²) in [7, 11) is 0. The van der Waals surface area contributed by atoms with Crippen LogP contribution in [0.4, 0.5) is 5.69 Å².